The smallest absolute Gasteiger partial charge is 0.254 e. The van der Waals surface area contributed by atoms with Crippen LogP contribution in [0.5, 0.6) is 0 Å². The SMILES string of the molecule is CCCN(C(=O)c1ccc(S(=O)(=O)N2CCCCC2C)cc1)C1CCNC1. The molecule has 0 radical (unpaired) electrons. The third-order valence-electron chi connectivity index (χ3n) is 5.65. The molecule has 1 amide bonds. The van der Waals surface area contributed by atoms with Crippen LogP contribution in [0.2, 0.25) is 0 Å². The summed E-state index contributed by atoms with van der Waals surface area (Å²) >= 11 is 0. The zero-order chi connectivity index (χ0) is 19.4. The zero-order valence-corrected chi connectivity index (χ0v) is 17.2. The fourth-order valence-corrected chi connectivity index (χ4v) is 5.80. The molecule has 6 nitrogen and oxygen atoms in total. The first-order valence-electron chi connectivity index (χ1n) is 10.1. The molecule has 2 aliphatic heterocycles. The summed E-state index contributed by atoms with van der Waals surface area (Å²) in [5.41, 5.74) is 0.556. The van der Waals surface area contributed by atoms with Crippen LogP contribution in [0.1, 0.15) is 56.3 Å². The molecule has 0 aromatic heterocycles. The Morgan fingerprint density at radius 2 is 1.96 bits per heavy atom. The number of piperidine rings is 1. The molecule has 0 spiro atoms. The Morgan fingerprint density at radius 1 is 1.22 bits per heavy atom. The Kier molecular flexibility index (Phi) is 6.55. The Hall–Kier alpha value is -1.44. The second-order valence-corrected chi connectivity index (χ2v) is 9.52. The van der Waals surface area contributed by atoms with Gasteiger partial charge in [0.2, 0.25) is 10.0 Å². The van der Waals surface area contributed by atoms with Gasteiger partial charge >= 0.3 is 0 Å². The molecule has 3 rings (SSSR count). The van der Waals surface area contributed by atoms with Crippen LogP contribution in [0.15, 0.2) is 29.2 Å². The lowest BCUT2D eigenvalue weighted by Gasteiger charge is -2.32. The highest BCUT2D eigenvalue weighted by molar-refractivity contribution is 7.89. The minimum atomic E-state index is -3.50. The van der Waals surface area contributed by atoms with Crippen molar-refractivity contribution in [2.24, 2.45) is 0 Å². The van der Waals surface area contributed by atoms with Crippen molar-refractivity contribution >= 4 is 15.9 Å². The maximum Gasteiger partial charge on any atom is 0.254 e. The Balaban J connectivity index is 1.78. The normalized spacial score (nSPS) is 24.1. The predicted molar refractivity (Wildman–Crippen MR) is 106 cm³/mol. The van der Waals surface area contributed by atoms with Crippen LogP contribution >= 0.6 is 0 Å². The number of nitrogens with zero attached hydrogens (tertiary/aromatic N) is 2. The standard InChI is InChI=1S/C20H31N3O3S/c1-3-13-22(18-11-12-21-15-18)20(24)17-7-9-19(10-8-17)27(25,26)23-14-5-4-6-16(23)2/h7-10,16,18,21H,3-6,11-15H2,1-2H3. The lowest BCUT2D eigenvalue weighted by Crippen LogP contribution is -2.42. The first kappa shape index (κ1) is 20.3. The predicted octanol–water partition coefficient (Wildman–Crippen LogP) is 2.46. The summed E-state index contributed by atoms with van der Waals surface area (Å²) < 4.78 is 27.5. The Labute approximate surface area is 163 Å². The van der Waals surface area contributed by atoms with Crippen molar-refractivity contribution in [3.8, 4) is 0 Å². The van der Waals surface area contributed by atoms with E-state index in [1.807, 2.05) is 11.8 Å². The van der Waals surface area contributed by atoms with Gasteiger partial charge in [-0.15, -0.1) is 0 Å². The minimum absolute atomic E-state index is 0.0131. The van der Waals surface area contributed by atoms with Crippen molar-refractivity contribution < 1.29 is 13.2 Å². The van der Waals surface area contributed by atoms with E-state index in [-0.39, 0.29) is 22.9 Å². The van der Waals surface area contributed by atoms with E-state index in [0.717, 1.165) is 51.7 Å². The van der Waals surface area contributed by atoms with Gasteiger partial charge in [-0.05, 0) is 63.4 Å². The van der Waals surface area contributed by atoms with Gasteiger partial charge in [0.15, 0.2) is 0 Å². The van der Waals surface area contributed by atoms with E-state index in [2.05, 4.69) is 12.2 Å². The van der Waals surface area contributed by atoms with Gasteiger partial charge in [0, 0.05) is 37.3 Å². The number of hydrogen-bond acceptors (Lipinski definition) is 4. The maximum absolute atomic E-state index is 13.0. The third-order valence-corrected chi connectivity index (χ3v) is 7.68. The summed E-state index contributed by atoms with van der Waals surface area (Å²) in [7, 11) is -3.50. The molecular formula is C20H31N3O3S. The Morgan fingerprint density at radius 3 is 2.56 bits per heavy atom. The van der Waals surface area contributed by atoms with Crippen molar-refractivity contribution in [1.29, 1.82) is 0 Å². The number of hydrogen-bond donors (Lipinski definition) is 1. The number of amides is 1. The summed E-state index contributed by atoms with van der Waals surface area (Å²) in [6.07, 6.45) is 4.75. The van der Waals surface area contributed by atoms with Crippen LogP contribution in [0.3, 0.4) is 0 Å². The molecule has 1 aromatic rings. The van der Waals surface area contributed by atoms with Crippen molar-refractivity contribution in [3.05, 3.63) is 29.8 Å². The second-order valence-electron chi connectivity index (χ2n) is 7.63. The number of carbonyl (C=O) groups excluding carboxylic acids is 1. The van der Waals surface area contributed by atoms with Gasteiger partial charge in [0.1, 0.15) is 0 Å². The van der Waals surface area contributed by atoms with Gasteiger partial charge in [-0.2, -0.15) is 4.31 Å². The largest absolute Gasteiger partial charge is 0.334 e. The van der Waals surface area contributed by atoms with Gasteiger partial charge in [0.05, 0.1) is 4.90 Å². The topological polar surface area (TPSA) is 69.7 Å². The number of carbonyl (C=O) groups is 1. The summed E-state index contributed by atoms with van der Waals surface area (Å²) in [5.74, 6) is -0.0131. The Bertz CT molecular complexity index is 742. The first-order chi connectivity index (χ1) is 12.9. The molecule has 0 saturated carbocycles. The van der Waals surface area contributed by atoms with Gasteiger partial charge in [0.25, 0.3) is 5.91 Å². The van der Waals surface area contributed by atoms with Gasteiger partial charge < -0.3 is 10.2 Å². The van der Waals surface area contributed by atoms with Crippen LogP contribution in [-0.2, 0) is 10.0 Å². The molecule has 1 aromatic carbocycles. The van der Waals surface area contributed by atoms with Crippen LogP contribution in [0.4, 0.5) is 0 Å². The lowest BCUT2D eigenvalue weighted by atomic mass is 10.1. The van der Waals surface area contributed by atoms with Crippen LogP contribution in [-0.4, -0.2) is 61.8 Å². The molecule has 150 valence electrons. The number of rotatable bonds is 6. The molecule has 2 fully saturated rings. The van der Waals surface area contributed by atoms with Crippen molar-refractivity contribution in [2.45, 2.75) is 62.9 Å². The minimum Gasteiger partial charge on any atom is -0.334 e. The van der Waals surface area contributed by atoms with Crippen molar-refractivity contribution in [3.63, 3.8) is 0 Å². The number of nitrogens with one attached hydrogen (secondary N) is 1. The molecule has 27 heavy (non-hydrogen) atoms. The molecule has 2 unspecified atom stereocenters. The first-order valence-corrected chi connectivity index (χ1v) is 11.5. The average Bonchev–Trinajstić information content (AvgIpc) is 3.20. The van der Waals surface area contributed by atoms with E-state index >= 15 is 0 Å². The van der Waals surface area contributed by atoms with Crippen molar-refractivity contribution in [2.75, 3.05) is 26.2 Å². The highest BCUT2D eigenvalue weighted by Gasteiger charge is 2.31. The summed E-state index contributed by atoms with van der Waals surface area (Å²) in [5, 5.41) is 3.31. The molecule has 2 saturated heterocycles. The number of benzene rings is 1. The molecule has 2 aliphatic rings. The van der Waals surface area contributed by atoms with Crippen LogP contribution in [0.25, 0.3) is 0 Å². The van der Waals surface area contributed by atoms with Gasteiger partial charge in [-0.3, -0.25) is 4.79 Å². The molecule has 1 N–H and O–H groups in total. The highest BCUT2D eigenvalue weighted by Crippen LogP contribution is 2.25. The van der Waals surface area contributed by atoms with Crippen LogP contribution in [0, 0.1) is 0 Å². The van der Waals surface area contributed by atoms with E-state index in [1.165, 1.54) is 0 Å². The van der Waals surface area contributed by atoms with E-state index in [9.17, 15) is 13.2 Å². The van der Waals surface area contributed by atoms with Gasteiger partial charge in [-0.1, -0.05) is 13.3 Å². The van der Waals surface area contributed by atoms with Crippen molar-refractivity contribution in [1.82, 2.24) is 14.5 Å². The van der Waals surface area contributed by atoms with E-state index in [0.29, 0.717) is 12.1 Å². The third kappa shape index (κ3) is 4.36. The quantitative estimate of drug-likeness (QED) is 0.806. The fraction of sp³-hybridized carbons (Fsp3) is 0.650. The van der Waals surface area contributed by atoms with E-state index in [1.54, 1.807) is 28.6 Å². The van der Waals surface area contributed by atoms with Crippen LogP contribution < -0.4 is 5.32 Å². The molecule has 0 aliphatic carbocycles. The summed E-state index contributed by atoms with van der Waals surface area (Å²) in [4.78, 5) is 15.2. The molecular weight excluding hydrogens is 362 g/mol. The molecule has 2 heterocycles. The number of sulfonamides is 1. The maximum atomic E-state index is 13.0. The molecule has 2 atom stereocenters. The fourth-order valence-electron chi connectivity index (χ4n) is 4.10. The summed E-state index contributed by atoms with van der Waals surface area (Å²) in [6, 6.07) is 6.74. The zero-order valence-electron chi connectivity index (χ0n) is 16.4. The van der Waals surface area contributed by atoms with E-state index < -0.39 is 10.0 Å². The monoisotopic (exact) mass is 393 g/mol. The highest BCUT2D eigenvalue weighted by atomic mass is 32.2. The summed E-state index contributed by atoms with van der Waals surface area (Å²) in [6.45, 7) is 7.08. The average molecular weight is 394 g/mol. The lowest BCUT2D eigenvalue weighted by molar-refractivity contribution is 0.0692. The molecule has 7 heteroatoms. The molecule has 0 bridgehead atoms. The van der Waals surface area contributed by atoms with E-state index in [4.69, 9.17) is 0 Å². The second kappa shape index (κ2) is 8.71. The van der Waals surface area contributed by atoms with Gasteiger partial charge in [-0.25, -0.2) is 8.42 Å².